The summed E-state index contributed by atoms with van der Waals surface area (Å²) in [4.78, 5) is 14.5. The summed E-state index contributed by atoms with van der Waals surface area (Å²) in [5.41, 5.74) is 0.816. The van der Waals surface area contributed by atoms with Crippen LogP contribution in [0.4, 0.5) is 5.69 Å². The van der Waals surface area contributed by atoms with Gasteiger partial charge >= 0.3 is 5.97 Å². The summed E-state index contributed by atoms with van der Waals surface area (Å²) in [7, 11) is 0. The Morgan fingerprint density at radius 2 is 2.04 bits per heavy atom. The molecule has 7 nitrogen and oxygen atoms in total. The number of hydrogen-bond donors (Lipinski definition) is 2. The van der Waals surface area contributed by atoms with Gasteiger partial charge in [0.25, 0.3) is 0 Å². The van der Waals surface area contributed by atoms with Crippen molar-refractivity contribution in [1.29, 1.82) is 0 Å². The summed E-state index contributed by atoms with van der Waals surface area (Å²) in [6.45, 7) is 14.5. The van der Waals surface area contributed by atoms with Gasteiger partial charge in [-0.15, -0.1) is 0 Å². The molecule has 1 aromatic rings. The van der Waals surface area contributed by atoms with Crippen LogP contribution in [0.2, 0.25) is 0 Å². The predicted molar refractivity (Wildman–Crippen MR) is 105 cm³/mol. The number of aryl methyl sites for hydroxylation is 1. The van der Waals surface area contributed by atoms with Crippen LogP contribution in [0, 0.1) is 0 Å². The molecule has 0 amide bonds. The van der Waals surface area contributed by atoms with E-state index in [9.17, 15) is 4.79 Å². The fourth-order valence-electron chi connectivity index (χ4n) is 2.31. The van der Waals surface area contributed by atoms with Crippen molar-refractivity contribution in [3.8, 4) is 0 Å². The quantitative estimate of drug-likeness (QED) is 0.373. The van der Waals surface area contributed by atoms with E-state index in [2.05, 4.69) is 34.5 Å². The zero-order chi connectivity index (χ0) is 18.8. The highest BCUT2D eigenvalue weighted by Crippen LogP contribution is 2.16. The van der Waals surface area contributed by atoms with Crippen molar-refractivity contribution < 1.29 is 9.53 Å². The summed E-state index contributed by atoms with van der Waals surface area (Å²) in [5, 5.41) is 11.0. The Kier molecular flexibility index (Phi) is 9.44. The normalized spacial score (nSPS) is 11.0. The maximum atomic E-state index is 12.2. The van der Waals surface area contributed by atoms with Gasteiger partial charge in [-0.2, -0.15) is 5.10 Å². The third-order valence-electron chi connectivity index (χ3n) is 3.70. The Labute approximate surface area is 156 Å². The smallest absolute Gasteiger partial charge is 0.361 e. The van der Waals surface area contributed by atoms with E-state index in [1.807, 2.05) is 20.8 Å². The van der Waals surface area contributed by atoms with E-state index in [-0.39, 0.29) is 11.8 Å². The van der Waals surface area contributed by atoms with E-state index in [0.717, 1.165) is 32.6 Å². The fraction of sp³-hybridized carbons (Fsp3) is 0.706. The van der Waals surface area contributed by atoms with Crippen molar-refractivity contribution in [1.82, 2.24) is 20.0 Å². The Morgan fingerprint density at radius 3 is 2.60 bits per heavy atom. The highest BCUT2D eigenvalue weighted by Gasteiger charge is 2.20. The first-order valence-electron chi connectivity index (χ1n) is 8.96. The second-order valence-electron chi connectivity index (χ2n) is 5.96. The molecular formula is C17H31N5O2S. The molecule has 1 heterocycles. The fourth-order valence-corrected chi connectivity index (χ4v) is 2.52. The molecule has 2 N–H and O–H groups in total. The van der Waals surface area contributed by atoms with Crippen LogP contribution in [0.25, 0.3) is 0 Å². The van der Waals surface area contributed by atoms with Crippen LogP contribution < -0.4 is 10.6 Å². The number of carbonyl (C=O) groups is 1. The standard InChI is InChI=1S/C17H31N5O2S/c1-6-21(7-2)11-9-10-18-17(25)19-14-12-22(8-3)20-15(14)16(23)24-13(4)5/h12-13H,6-11H2,1-5H3,(H2,18,19,25). The summed E-state index contributed by atoms with van der Waals surface area (Å²) in [6.07, 6.45) is 2.57. The minimum atomic E-state index is -0.450. The van der Waals surface area contributed by atoms with Crippen molar-refractivity contribution in [2.24, 2.45) is 0 Å². The van der Waals surface area contributed by atoms with Gasteiger partial charge in [0.15, 0.2) is 10.8 Å². The molecule has 0 fully saturated rings. The molecule has 1 rings (SSSR count). The number of hydrogen-bond acceptors (Lipinski definition) is 5. The molecule has 0 spiro atoms. The summed E-state index contributed by atoms with van der Waals surface area (Å²) in [5.74, 6) is -0.450. The van der Waals surface area contributed by atoms with Gasteiger partial charge < -0.3 is 20.3 Å². The zero-order valence-electron chi connectivity index (χ0n) is 16.0. The van der Waals surface area contributed by atoms with E-state index in [1.54, 1.807) is 10.9 Å². The van der Waals surface area contributed by atoms with Gasteiger partial charge in [0.1, 0.15) is 0 Å². The van der Waals surface area contributed by atoms with E-state index < -0.39 is 5.97 Å². The van der Waals surface area contributed by atoms with Crippen molar-refractivity contribution in [2.45, 2.75) is 53.7 Å². The lowest BCUT2D eigenvalue weighted by molar-refractivity contribution is 0.0371. The first-order valence-corrected chi connectivity index (χ1v) is 9.37. The summed E-state index contributed by atoms with van der Waals surface area (Å²) < 4.78 is 6.92. The van der Waals surface area contributed by atoms with Crippen molar-refractivity contribution in [3.05, 3.63) is 11.9 Å². The van der Waals surface area contributed by atoms with Gasteiger partial charge in [0.05, 0.1) is 11.8 Å². The largest absolute Gasteiger partial charge is 0.458 e. The lowest BCUT2D eigenvalue weighted by atomic mass is 10.3. The molecule has 0 saturated carbocycles. The van der Waals surface area contributed by atoms with Gasteiger partial charge in [0, 0.05) is 19.3 Å². The minimum absolute atomic E-state index is 0.197. The third kappa shape index (κ3) is 7.39. The van der Waals surface area contributed by atoms with Crippen molar-refractivity contribution in [2.75, 3.05) is 31.5 Å². The SMILES string of the molecule is CCN(CC)CCCNC(=S)Nc1cn(CC)nc1C(=O)OC(C)C. The topological polar surface area (TPSA) is 71.4 Å². The van der Waals surface area contributed by atoms with Crippen LogP contribution in [0.3, 0.4) is 0 Å². The molecule has 0 aliphatic carbocycles. The predicted octanol–water partition coefficient (Wildman–Crippen LogP) is 2.49. The third-order valence-corrected chi connectivity index (χ3v) is 3.95. The lowest BCUT2D eigenvalue weighted by Crippen LogP contribution is -2.32. The first-order chi connectivity index (χ1) is 11.9. The second-order valence-corrected chi connectivity index (χ2v) is 6.37. The summed E-state index contributed by atoms with van der Waals surface area (Å²) in [6, 6.07) is 0. The van der Waals surface area contributed by atoms with E-state index in [0.29, 0.717) is 17.3 Å². The molecule has 142 valence electrons. The average molecular weight is 370 g/mol. The molecule has 0 radical (unpaired) electrons. The van der Waals surface area contributed by atoms with E-state index >= 15 is 0 Å². The Bertz CT molecular complexity index is 555. The number of thiocarbonyl (C=S) groups is 1. The molecule has 0 atom stereocenters. The average Bonchev–Trinajstić information content (AvgIpc) is 2.97. The van der Waals surface area contributed by atoms with E-state index in [4.69, 9.17) is 17.0 Å². The minimum Gasteiger partial charge on any atom is -0.458 e. The van der Waals surface area contributed by atoms with Crippen LogP contribution in [-0.4, -0.2) is 58.0 Å². The van der Waals surface area contributed by atoms with Crippen LogP contribution >= 0.6 is 12.2 Å². The summed E-state index contributed by atoms with van der Waals surface area (Å²) >= 11 is 5.33. The van der Waals surface area contributed by atoms with E-state index in [1.165, 1.54) is 0 Å². The molecular weight excluding hydrogens is 338 g/mol. The number of nitrogens with zero attached hydrogens (tertiary/aromatic N) is 3. The maximum Gasteiger partial charge on any atom is 0.361 e. The molecule has 0 saturated heterocycles. The first kappa shape index (κ1) is 21.4. The molecule has 0 unspecified atom stereocenters. The molecule has 8 heteroatoms. The number of nitrogens with one attached hydrogen (secondary N) is 2. The van der Waals surface area contributed by atoms with Crippen LogP contribution in [0.15, 0.2) is 6.20 Å². The monoisotopic (exact) mass is 369 g/mol. The zero-order valence-corrected chi connectivity index (χ0v) is 16.8. The molecule has 0 aliphatic heterocycles. The highest BCUT2D eigenvalue weighted by atomic mass is 32.1. The Morgan fingerprint density at radius 1 is 1.36 bits per heavy atom. The lowest BCUT2D eigenvalue weighted by Gasteiger charge is -2.18. The van der Waals surface area contributed by atoms with Gasteiger partial charge in [-0.05, 0) is 59.0 Å². The van der Waals surface area contributed by atoms with Crippen molar-refractivity contribution >= 4 is 29.0 Å². The van der Waals surface area contributed by atoms with Crippen LogP contribution in [0.5, 0.6) is 0 Å². The van der Waals surface area contributed by atoms with Gasteiger partial charge in [0.2, 0.25) is 0 Å². The molecule has 0 aromatic carbocycles. The van der Waals surface area contributed by atoms with Crippen molar-refractivity contribution in [3.63, 3.8) is 0 Å². The molecule has 25 heavy (non-hydrogen) atoms. The van der Waals surface area contributed by atoms with Crippen LogP contribution in [-0.2, 0) is 11.3 Å². The Hall–Kier alpha value is -1.67. The number of esters is 1. The number of ether oxygens (including phenoxy) is 1. The van der Waals surface area contributed by atoms with Gasteiger partial charge in [-0.25, -0.2) is 4.79 Å². The Balaban J connectivity index is 2.58. The maximum absolute atomic E-state index is 12.2. The van der Waals surface area contributed by atoms with Crippen LogP contribution in [0.1, 0.15) is 51.5 Å². The second kappa shape index (κ2) is 11.0. The molecule has 1 aromatic heterocycles. The number of aromatic nitrogens is 2. The number of carbonyl (C=O) groups excluding carboxylic acids is 1. The highest BCUT2D eigenvalue weighted by molar-refractivity contribution is 7.80. The number of anilines is 1. The molecule has 0 bridgehead atoms. The number of rotatable bonds is 10. The molecule has 0 aliphatic rings. The van der Waals surface area contributed by atoms with Gasteiger partial charge in [-0.1, -0.05) is 13.8 Å². The van der Waals surface area contributed by atoms with Gasteiger partial charge in [-0.3, -0.25) is 4.68 Å².